The highest BCUT2D eigenvalue weighted by molar-refractivity contribution is 7.47. The van der Waals surface area contributed by atoms with Crippen molar-refractivity contribution in [3.05, 3.63) is 182 Å². The molecule has 3 N–H and O–H groups in total. The Labute approximate surface area is 654 Å². The number of hydrogen-bond acceptors (Lipinski definition) is 15. The molecule has 19 heteroatoms. The minimum absolute atomic E-state index is 0.0129. The number of phosphoric acid groups is 2. The normalized spacial score (nSPS) is 14.8. The number of allylic oxidation sites excluding steroid dienone is 30. The third kappa shape index (κ3) is 78.3. The molecule has 0 bridgehead atoms. The van der Waals surface area contributed by atoms with Gasteiger partial charge in [-0.25, -0.2) is 9.13 Å². The minimum Gasteiger partial charge on any atom is -0.462 e. The molecule has 0 saturated carbocycles. The van der Waals surface area contributed by atoms with Gasteiger partial charge in [0, 0.05) is 25.7 Å². The van der Waals surface area contributed by atoms with Crippen molar-refractivity contribution in [2.75, 3.05) is 39.6 Å². The molecular weight excluding hydrogens is 1400 g/mol. The average molecular weight is 1550 g/mol. The summed E-state index contributed by atoms with van der Waals surface area (Å²) >= 11 is 0. The molecule has 0 aliphatic heterocycles. The Balaban J connectivity index is 5.54. The highest BCUT2D eigenvalue weighted by atomic mass is 31.2. The molecule has 5 atom stereocenters. The van der Waals surface area contributed by atoms with Crippen LogP contribution in [0.25, 0.3) is 0 Å². The SMILES string of the molecule is CC/C=C\C/C=C\C/C=C\C/C=C\C/C=C\C/C=C\CCC(=O)OC[C@H](COP(=O)(O)OC[C@@H](O)COP(=O)(O)OC[C@@H](COC(=O)CCCCCCC/C=C\C/C=C\CCCCC)OC(=O)CCCCCCCCC/C=C\CCCCCC)OC(=O)CC/C=C\C/C=C\C/C=C\C/C=C\C/C=C\C/C=C\CC. The first-order chi connectivity index (χ1) is 52.7. The monoisotopic (exact) mass is 1550 g/mol. The molecule has 0 saturated heterocycles. The van der Waals surface area contributed by atoms with Gasteiger partial charge in [-0.2, -0.15) is 0 Å². The molecule has 0 aromatic heterocycles. The molecule has 108 heavy (non-hydrogen) atoms. The van der Waals surface area contributed by atoms with Gasteiger partial charge < -0.3 is 33.8 Å². The number of aliphatic hydroxyl groups excluding tert-OH is 1. The number of carbonyl (C=O) groups excluding carboxylic acids is 4. The maximum Gasteiger partial charge on any atom is 0.472 e. The molecule has 0 aliphatic carbocycles. The molecule has 17 nitrogen and oxygen atoms in total. The Bertz CT molecular complexity index is 2760. The fraction of sp³-hybridized carbons (Fsp3) is 0.618. The summed E-state index contributed by atoms with van der Waals surface area (Å²) in [6.07, 6.45) is 96.1. The Morgan fingerprint density at radius 1 is 0.269 bits per heavy atom. The maximum absolute atomic E-state index is 13.1. The van der Waals surface area contributed by atoms with Gasteiger partial charge >= 0.3 is 39.5 Å². The summed E-state index contributed by atoms with van der Waals surface area (Å²) in [6, 6.07) is 0. The summed E-state index contributed by atoms with van der Waals surface area (Å²) in [7, 11) is -10.0. The van der Waals surface area contributed by atoms with Gasteiger partial charge in [-0.05, 0) is 161 Å². The Kier molecular flexibility index (Phi) is 75.0. The predicted molar refractivity (Wildman–Crippen MR) is 445 cm³/mol. The molecule has 0 spiro atoms. The van der Waals surface area contributed by atoms with Gasteiger partial charge in [-0.15, -0.1) is 0 Å². The van der Waals surface area contributed by atoms with Crippen LogP contribution in [0.2, 0.25) is 0 Å². The second-order valence-electron chi connectivity index (χ2n) is 26.6. The van der Waals surface area contributed by atoms with Crippen LogP contribution in [0.3, 0.4) is 0 Å². The van der Waals surface area contributed by atoms with Crippen LogP contribution in [0.15, 0.2) is 182 Å². The summed E-state index contributed by atoms with van der Waals surface area (Å²) < 4.78 is 68.5. The number of phosphoric ester groups is 2. The van der Waals surface area contributed by atoms with Crippen LogP contribution < -0.4 is 0 Å². The van der Waals surface area contributed by atoms with Crippen LogP contribution in [-0.4, -0.2) is 96.7 Å². The number of rotatable bonds is 75. The smallest absolute Gasteiger partial charge is 0.462 e. The molecule has 0 aromatic rings. The lowest BCUT2D eigenvalue weighted by Gasteiger charge is -2.21. The van der Waals surface area contributed by atoms with Crippen molar-refractivity contribution in [2.24, 2.45) is 0 Å². The number of aliphatic hydroxyl groups is 1. The van der Waals surface area contributed by atoms with E-state index in [1.54, 1.807) is 0 Å². The predicted octanol–water partition coefficient (Wildman–Crippen LogP) is 24.3. The number of esters is 4. The zero-order chi connectivity index (χ0) is 78.9. The second-order valence-corrected chi connectivity index (χ2v) is 29.5. The lowest BCUT2D eigenvalue weighted by Crippen LogP contribution is -2.30. The van der Waals surface area contributed by atoms with Crippen molar-refractivity contribution in [1.82, 2.24) is 0 Å². The molecule has 0 heterocycles. The van der Waals surface area contributed by atoms with E-state index in [0.717, 1.165) is 161 Å². The first-order valence-electron chi connectivity index (χ1n) is 41.0. The van der Waals surface area contributed by atoms with E-state index in [1.165, 1.54) is 44.9 Å². The largest absolute Gasteiger partial charge is 0.472 e. The summed E-state index contributed by atoms with van der Waals surface area (Å²) in [5.41, 5.74) is 0. The van der Waals surface area contributed by atoms with Crippen LogP contribution in [0.4, 0.5) is 0 Å². The lowest BCUT2D eigenvalue weighted by atomic mass is 10.1. The molecule has 0 aromatic carbocycles. The topological polar surface area (TPSA) is 237 Å². The molecule has 0 radical (unpaired) electrons. The Hall–Kier alpha value is -5.84. The molecular formula is C89H144O17P2. The van der Waals surface area contributed by atoms with Crippen LogP contribution >= 0.6 is 15.6 Å². The average Bonchev–Trinajstić information content (AvgIpc) is 0.896. The number of ether oxygens (including phenoxy) is 4. The van der Waals surface area contributed by atoms with E-state index >= 15 is 0 Å². The molecule has 2 unspecified atom stereocenters. The van der Waals surface area contributed by atoms with Crippen molar-refractivity contribution in [3.63, 3.8) is 0 Å². The zero-order valence-corrected chi connectivity index (χ0v) is 68.7. The fourth-order valence-electron chi connectivity index (χ4n) is 10.2. The molecule has 0 amide bonds. The highest BCUT2D eigenvalue weighted by Gasteiger charge is 2.30. The van der Waals surface area contributed by atoms with Gasteiger partial charge in [0.1, 0.15) is 19.3 Å². The van der Waals surface area contributed by atoms with Crippen molar-refractivity contribution in [1.29, 1.82) is 0 Å². The minimum atomic E-state index is -5.03. The first-order valence-corrected chi connectivity index (χ1v) is 44.0. The van der Waals surface area contributed by atoms with E-state index in [1.807, 2.05) is 36.5 Å². The van der Waals surface area contributed by atoms with Crippen molar-refractivity contribution in [2.45, 2.75) is 316 Å². The van der Waals surface area contributed by atoms with E-state index in [-0.39, 0.29) is 25.7 Å². The molecule has 0 rings (SSSR count). The summed E-state index contributed by atoms with van der Waals surface area (Å²) in [5.74, 6) is -2.40. The van der Waals surface area contributed by atoms with Gasteiger partial charge in [-0.3, -0.25) is 37.3 Å². The van der Waals surface area contributed by atoms with Gasteiger partial charge in [0.05, 0.1) is 26.4 Å². The quantitative estimate of drug-likeness (QED) is 0.0169. The summed E-state index contributed by atoms with van der Waals surface area (Å²) in [4.78, 5) is 73.1. The van der Waals surface area contributed by atoms with Crippen LogP contribution in [0.1, 0.15) is 297 Å². The standard InChI is InChI=1S/C89H144O17P2/c1-5-9-13-17-21-25-29-33-37-39-41-43-47-50-54-58-62-66-70-74-87(92)100-80-85(106-89(94)76-72-68-64-60-56-52-48-44-42-40-38-34-30-26-22-18-14-10-6-2)82-104-108(97,98)102-78-83(90)77-101-107(95,96)103-81-84(105-88(93)75-71-67-63-59-55-51-46-36-32-28-24-20-16-12-8-4)79-99-86(91)73-69-65-61-57-53-49-45-35-31-27-23-19-15-11-7-3/h9-10,13-14,21-23,25-28,32-35,37-38,41-45,50,52,54,56,62,64,66,68,83-85,90H,5-8,11-12,15-20,24,29-31,36,39-40,46-49,51,53,55,57-61,63,65,67,69-82H2,1-4H3,(H,95,96)(H,97,98)/b13-9-,14-10-,25-21-,26-22-,27-23-,32-28-,37-33-,38-34-,43-41-,44-42-,45-35-,54-50-,56-52-,66-62-,68-64-/t83-,84+,85+/m0/s1. The van der Waals surface area contributed by atoms with Crippen LogP contribution in [-0.2, 0) is 65.4 Å². The van der Waals surface area contributed by atoms with Gasteiger partial charge in [-0.1, -0.05) is 293 Å². The summed E-state index contributed by atoms with van der Waals surface area (Å²) in [6.45, 7) is 4.41. The molecule has 0 aliphatic rings. The fourth-order valence-corrected chi connectivity index (χ4v) is 11.8. The van der Waals surface area contributed by atoms with E-state index in [0.29, 0.717) is 38.5 Å². The third-order valence-electron chi connectivity index (χ3n) is 16.4. The van der Waals surface area contributed by atoms with Crippen molar-refractivity contribution in [3.8, 4) is 0 Å². The van der Waals surface area contributed by atoms with E-state index in [4.69, 9.17) is 37.0 Å². The summed E-state index contributed by atoms with van der Waals surface area (Å²) in [5, 5.41) is 10.7. The number of carbonyl (C=O) groups is 4. The third-order valence-corrected chi connectivity index (χ3v) is 18.3. The van der Waals surface area contributed by atoms with E-state index in [2.05, 4.69) is 174 Å². The highest BCUT2D eigenvalue weighted by Crippen LogP contribution is 2.45. The zero-order valence-electron chi connectivity index (χ0n) is 66.9. The Morgan fingerprint density at radius 3 is 0.843 bits per heavy atom. The van der Waals surface area contributed by atoms with Crippen LogP contribution in [0, 0.1) is 0 Å². The second kappa shape index (κ2) is 79.3. The Morgan fingerprint density at radius 2 is 0.500 bits per heavy atom. The lowest BCUT2D eigenvalue weighted by molar-refractivity contribution is -0.161. The maximum atomic E-state index is 13.1. The van der Waals surface area contributed by atoms with Gasteiger partial charge in [0.15, 0.2) is 12.2 Å². The van der Waals surface area contributed by atoms with E-state index < -0.39 is 97.5 Å². The van der Waals surface area contributed by atoms with Crippen molar-refractivity contribution >= 4 is 39.5 Å². The number of unbranched alkanes of at least 4 members (excludes halogenated alkanes) is 19. The number of hydrogen-bond donors (Lipinski definition) is 3. The first kappa shape index (κ1) is 102. The molecule has 0 fully saturated rings. The van der Waals surface area contributed by atoms with Crippen molar-refractivity contribution < 1.29 is 80.2 Å². The van der Waals surface area contributed by atoms with Crippen LogP contribution in [0.5, 0.6) is 0 Å². The van der Waals surface area contributed by atoms with Gasteiger partial charge in [0.25, 0.3) is 0 Å². The van der Waals surface area contributed by atoms with E-state index in [9.17, 15) is 43.2 Å². The van der Waals surface area contributed by atoms with Gasteiger partial charge in [0.2, 0.25) is 0 Å². The molecule has 612 valence electrons.